The van der Waals surface area contributed by atoms with Crippen molar-refractivity contribution in [3.8, 4) is 0 Å². The van der Waals surface area contributed by atoms with Crippen molar-refractivity contribution in [1.82, 2.24) is 14.5 Å². The molecule has 1 heterocycles. The second kappa shape index (κ2) is 8.41. The summed E-state index contributed by atoms with van der Waals surface area (Å²) >= 11 is 0. The van der Waals surface area contributed by atoms with Crippen LogP contribution < -0.4 is 5.56 Å². The number of benzene rings is 1. The van der Waals surface area contributed by atoms with Gasteiger partial charge in [0.25, 0.3) is 5.56 Å². The molecule has 2 rings (SSSR count). The van der Waals surface area contributed by atoms with Crippen LogP contribution in [0.15, 0.2) is 29.3 Å². The number of aryl methyl sites for hydroxylation is 2. The van der Waals surface area contributed by atoms with Crippen molar-refractivity contribution in [2.75, 3.05) is 20.7 Å². The van der Waals surface area contributed by atoms with E-state index in [1.807, 2.05) is 19.1 Å². The topological polar surface area (TPSA) is 81.5 Å². The van der Waals surface area contributed by atoms with Gasteiger partial charge in [-0.05, 0) is 25.0 Å². The van der Waals surface area contributed by atoms with Gasteiger partial charge >= 0.3 is 5.97 Å². The monoisotopic (exact) mass is 345 g/mol. The van der Waals surface area contributed by atoms with E-state index in [1.165, 1.54) is 18.0 Å². The van der Waals surface area contributed by atoms with Crippen molar-refractivity contribution in [2.45, 2.75) is 32.7 Å². The number of para-hydroxylation sites is 1. The Kier molecular flexibility index (Phi) is 6.27. The van der Waals surface area contributed by atoms with Gasteiger partial charge in [-0.1, -0.05) is 12.1 Å². The minimum Gasteiger partial charge on any atom is -0.469 e. The summed E-state index contributed by atoms with van der Waals surface area (Å²) in [4.78, 5) is 41.6. The Balaban J connectivity index is 1.95. The van der Waals surface area contributed by atoms with E-state index in [9.17, 15) is 14.4 Å². The average molecular weight is 345 g/mol. The predicted octanol–water partition coefficient (Wildman–Crippen LogP) is 1.51. The van der Waals surface area contributed by atoms with Gasteiger partial charge in [0.2, 0.25) is 5.91 Å². The van der Waals surface area contributed by atoms with E-state index in [4.69, 9.17) is 0 Å². The molecule has 0 bridgehead atoms. The second-order valence-corrected chi connectivity index (χ2v) is 5.96. The fourth-order valence-electron chi connectivity index (χ4n) is 2.59. The Labute approximate surface area is 146 Å². The quantitative estimate of drug-likeness (QED) is 0.711. The Morgan fingerprint density at radius 2 is 2.04 bits per heavy atom. The third-order valence-electron chi connectivity index (χ3n) is 4.15. The molecule has 0 unspecified atom stereocenters. The van der Waals surface area contributed by atoms with Gasteiger partial charge in [0, 0.05) is 33.0 Å². The van der Waals surface area contributed by atoms with Crippen LogP contribution in [0.25, 0.3) is 10.9 Å². The van der Waals surface area contributed by atoms with E-state index < -0.39 is 0 Å². The van der Waals surface area contributed by atoms with Crippen LogP contribution in [0.5, 0.6) is 0 Å². The van der Waals surface area contributed by atoms with E-state index in [2.05, 4.69) is 9.72 Å². The van der Waals surface area contributed by atoms with Gasteiger partial charge in [0.15, 0.2) is 0 Å². The van der Waals surface area contributed by atoms with Crippen LogP contribution in [0.1, 0.15) is 24.8 Å². The molecule has 0 saturated heterocycles. The first-order chi connectivity index (χ1) is 11.9. The van der Waals surface area contributed by atoms with Gasteiger partial charge < -0.3 is 9.64 Å². The number of carbonyl (C=O) groups is 2. The molecule has 2 aromatic rings. The summed E-state index contributed by atoms with van der Waals surface area (Å²) in [6.45, 7) is 2.65. The largest absolute Gasteiger partial charge is 0.469 e. The highest BCUT2D eigenvalue weighted by molar-refractivity contribution is 5.80. The number of rotatable bonds is 7. The zero-order valence-electron chi connectivity index (χ0n) is 14.8. The van der Waals surface area contributed by atoms with E-state index in [0.29, 0.717) is 23.9 Å². The first-order valence-electron chi connectivity index (χ1n) is 8.19. The zero-order valence-corrected chi connectivity index (χ0v) is 14.8. The Hall–Kier alpha value is -2.70. The van der Waals surface area contributed by atoms with Crippen LogP contribution in [0.4, 0.5) is 0 Å². The van der Waals surface area contributed by atoms with Crippen molar-refractivity contribution >= 4 is 22.8 Å². The zero-order chi connectivity index (χ0) is 18.4. The molecular weight excluding hydrogens is 322 g/mol. The van der Waals surface area contributed by atoms with Crippen LogP contribution in [0.3, 0.4) is 0 Å². The van der Waals surface area contributed by atoms with Gasteiger partial charge in [0.05, 0.1) is 24.3 Å². The molecule has 0 N–H and O–H groups in total. The number of fused-ring (bicyclic) bond motifs is 1. The molecule has 1 amide bonds. The van der Waals surface area contributed by atoms with Crippen molar-refractivity contribution in [1.29, 1.82) is 0 Å². The summed E-state index contributed by atoms with van der Waals surface area (Å²) in [7, 11) is 3.03. The summed E-state index contributed by atoms with van der Waals surface area (Å²) in [6.07, 6.45) is 2.52. The highest BCUT2D eigenvalue weighted by Crippen LogP contribution is 2.11. The smallest absolute Gasteiger partial charge is 0.305 e. The van der Waals surface area contributed by atoms with Gasteiger partial charge in [-0.25, -0.2) is 4.98 Å². The number of esters is 1. The fourth-order valence-corrected chi connectivity index (χ4v) is 2.59. The van der Waals surface area contributed by atoms with Gasteiger partial charge in [-0.2, -0.15) is 0 Å². The summed E-state index contributed by atoms with van der Waals surface area (Å²) in [5.74, 6) is -0.369. The highest BCUT2D eigenvalue weighted by Gasteiger charge is 2.11. The number of hydrogen-bond donors (Lipinski definition) is 0. The summed E-state index contributed by atoms with van der Waals surface area (Å²) in [6, 6.07) is 5.48. The van der Waals surface area contributed by atoms with Crippen LogP contribution in [-0.2, 0) is 20.9 Å². The molecule has 0 aliphatic carbocycles. The molecule has 0 atom stereocenters. The van der Waals surface area contributed by atoms with Crippen molar-refractivity contribution in [3.63, 3.8) is 0 Å². The van der Waals surface area contributed by atoms with Crippen molar-refractivity contribution in [2.24, 2.45) is 0 Å². The predicted molar refractivity (Wildman–Crippen MR) is 94.2 cm³/mol. The molecule has 0 radical (unpaired) electrons. The van der Waals surface area contributed by atoms with Crippen LogP contribution in [0.2, 0.25) is 0 Å². The first kappa shape index (κ1) is 18.6. The van der Waals surface area contributed by atoms with Gasteiger partial charge in [0.1, 0.15) is 0 Å². The molecule has 1 aromatic carbocycles. The molecule has 7 heteroatoms. The van der Waals surface area contributed by atoms with Crippen molar-refractivity contribution < 1.29 is 14.3 Å². The molecule has 134 valence electrons. The number of aromatic nitrogens is 2. The third-order valence-corrected chi connectivity index (χ3v) is 4.15. The maximum absolute atomic E-state index is 12.5. The number of ether oxygens (including phenoxy) is 1. The van der Waals surface area contributed by atoms with E-state index in [1.54, 1.807) is 18.0 Å². The van der Waals surface area contributed by atoms with Crippen molar-refractivity contribution in [3.05, 3.63) is 40.4 Å². The Morgan fingerprint density at radius 1 is 1.28 bits per heavy atom. The lowest BCUT2D eigenvalue weighted by molar-refractivity contribution is -0.141. The van der Waals surface area contributed by atoms with E-state index >= 15 is 0 Å². The third kappa shape index (κ3) is 4.65. The minimum atomic E-state index is -0.287. The van der Waals surface area contributed by atoms with Crippen LogP contribution in [0, 0.1) is 6.92 Å². The molecule has 0 saturated carbocycles. The minimum absolute atomic E-state index is 0.0823. The molecule has 0 aliphatic heterocycles. The maximum Gasteiger partial charge on any atom is 0.305 e. The lowest BCUT2D eigenvalue weighted by atomic mass is 10.1. The van der Waals surface area contributed by atoms with E-state index in [-0.39, 0.29) is 36.8 Å². The first-order valence-corrected chi connectivity index (χ1v) is 8.19. The number of amides is 1. The molecule has 1 aromatic heterocycles. The standard InChI is InChI=1S/C18H23N3O4/c1-13-6-4-7-14-17(13)19-12-21(18(14)24)11-9-15(22)20(2)10-5-8-16(23)25-3/h4,6-7,12H,5,8-11H2,1-3H3. The molecule has 7 nitrogen and oxygen atoms in total. The van der Waals surface area contributed by atoms with Gasteiger partial charge in [-0.3, -0.25) is 19.0 Å². The number of carbonyl (C=O) groups excluding carboxylic acids is 2. The summed E-state index contributed by atoms with van der Waals surface area (Å²) in [5, 5.41) is 0.557. The highest BCUT2D eigenvalue weighted by atomic mass is 16.5. The summed E-state index contributed by atoms with van der Waals surface area (Å²) in [5.41, 5.74) is 1.49. The maximum atomic E-state index is 12.5. The molecule has 0 spiro atoms. The SMILES string of the molecule is COC(=O)CCCN(C)C(=O)CCn1cnc2c(C)cccc2c1=O. The number of hydrogen-bond acceptors (Lipinski definition) is 5. The second-order valence-electron chi connectivity index (χ2n) is 5.96. The van der Waals surface area contributed by atoms with E-state index in [0.717, 1.165) is 5.56 Å². The number of nitrogens with zero attached hydrogens (tertiary/aromatic N) is 3. The van der Waals surface area contributed by atoms with Gasteiger partial charge in [-0.15, -0.1) is 0 Å². The Morgan fingerprint density at radius 3 is 2.76 bits per heavy atom. The molecule has 25 heavy (non-hydrogen) atoms. The Bertz CT molecular complexity index is 829. The lowest BCUT2D eigenvalue weighted by Crippen LogP contribution is -2.30. The molecular formula is C18H23N3O4. The normalized spacial score (nSPS) is 10.7. The molecule has 0 fully saturated rings. The lowest BCUT2D eigenvalue weighted by Gasteiger charge is -2.17. The average Bonchev–Trinajstić information content (AvgIpc) is 2.61. The van der Waals surface area contributed by atoms with Crippen LogP contribution in [-0.4, -0.2) is 47.0 Å². The number of methoxy groups -OCH3 is 1. The summed E-state index contributed by atoms with van der Waals surface area (Å²) < 4.78 is 6.03. The van der Waals surface area contributed by atoms with Crippen LogP contribution >= 0.6 is 0 Å². The molecule has 0 aliphatic rings. The fraction of sp³-hybridized carbons (Fsp3) is 0.444.